The molecule has 1 atom stereocenters. The fourth-order valence-electron chi connectivity index (χ4n) is 2.31. The van der Waals surface area contributed by atoms with Gasteiger partial charge in [-0.15, -0.1) is 0 Å². The molecule has 7 heteroatoms. The monoisotopic (exact) mass is 337 g/mol. The van der Waals surface area contributed by atoms with Gasteiger partial charge in [-0.2, -0.15) is 0 Å². The summed E-state index contributed by atoms with van der Waals surface area (Å²) in [6, 6.07) is 4.92. The number of hydrogen-bond acceptors (Lipinski definition) is 4. The second kappa shape index (κ2) is 4.99. The molecule has 1 aliphatic rings. The third-order valence-electron chi connectivity index (χ3n) is 3.23. The summed E-state index contributed by atoms with van der Waals surface area (Å²) >= 11 is 3.33. The van der Waals surface area contributed by atoms with Crippen molar-refractivity contribution >= 4 is 27.5 Å². The van der Waals surface area contributed by atoms with Crippen LogP contribution >= 0.6 is 15.9 Å². The predicted octanol–water partition coefficient (Wildman–Crippen LogP) is 0.550. The fraction of sp³-hybridized carbons (Fsp3) is 0.308. The maximum atomic E-state index is 12.0. The molecular weight excluding hydrogens is 326 g/mol. The Morgan fingerprint density at radius 3 is 2.90 bits per heavy atom. The number of likely N-dealkylation sites (tertiary alicyclic amines) is 1. The number of carbonyl (C=O) groups excluding carboxylic acids is 1. The molecule has 0 bridgehead atoms. The molecule has 1 aliphatic heterocycles. The lowest BCUT2D eigenvalue weighted by Crippen LogP contribution is -2.27. The number of amides is 1. The van der Waals surface area contributed by atoms with Crippen LogP contribution in [0.3, 0.4) is 0 Å². The summed E-state index contributed by atoms with van der Waals surface area (Å²) < 4.78 is 2.27. The van der Waals surface area contributed by atoms with Crippen LogP contribution in [0.1, 0.15) is 12.1 Å². The molecule has 2 aromatic heterocycles. The largest absolute Gasteiger partial charge is 0.391 e. The number of aliphatic hydroxyl groups excluding tert-OH is 1. The van der Waals surface area contributed by atoms with E-state index in [0.717, 1.165) is 4.47 Å². The van der Waals surface area contributed by atoms with Crippen molar-refractivity contribution in [3.63, 3.8) is 0 Å². The van der Waals surface area contributed by atoms with E-state index < -0.39 is 6.10 Å². The second-order valence-corrected chi connectivity index (χ2v) is 5.71. The summed E-state index contributed by atoms with van der Waals surface area (Å²) in [6.07, 6.45) is 1.15. The number of fused-ring (bicyclic) bond motifs is 1. The number of nitrogens with zero attached hydrogens (tertiary/aromatic N) is 3. The molecule has 1 fully saturated rings. The lowest BCUT2D eigenvalue weighted by Gasteiger charge is -2.15. The molecule has 0 unspecified atom stereocenters. The van der Waals surface area contributed by atoms with E-state index in [9.17, 15) is 14.7 Å². The molecule has 0 spiro atoms. The lowest BCUT2D eigenvalue weighted by molar-refractivity contribution is -0.128. The maximum Gasteiger partial charge on any atom is 0.258 e. The highest BCUT2D eigenvalue weighted by Gasteiger charge is 2.28. The van der Waals surface area contributed by atoms with Gasteiger partial charge in [0, 0.05) is 23.3 Å². The number of β-amino-alcohol motifs (C(OH)–C–C–N with tert-alkyl or cyclic N) is 1. The van der Waals surface area contributed by atoms with Gasteiger partial charge in [-0.25, -0.2) is 4.98 Å². The van der Waals surface area contributed by atoms with Crippen molar-refractivity contribution in [2.24, 2.45) is 0 Å². The average molecular weight is 338 g/mol. The maximum absolute atomic E-state index is 12.0. The van der Waals surface area contributed by atoms with E-state index in [0.29, 0.717) is 17.9 Å². The van der Waals surface area contributed by atoms with Crippen LogP contribution in [0.25, 0.3) is 5.65 Å². The Labute approximate surface area is 122 Å². The van der Waals surface area contributed by atoms with Gasteiger partial charge in [0.2, 0.25) is 5.91 Å². The summed E-state index contributed by atoms with van der Waals surface area (Å²) in [5.74, 6) is -0.117. The zero-order valence-corrected chi connectivity index (χ0v) is 12.1. The summed E-state index contributed by atoms with van der Waals surface area (Å²) in [5, 5.41) is 9.46. The van der Waals surface area contributed by atoms with Crippen molar-refractivity contribution in [2.45, 2.75) is 19.1 Å². The van der Waals surface area contributed by atoms with Crippen LogP contribution in [0.5, 0.6) is 0 Å². The number of rotatable bonds is 2. The minimum absolute atomic E-state index is 0.117. The Morgan fingerprint density at radius 1 is 1.40 bits per heavy atom. The van der Waals surface area contributed by atoms with Gasteiger partial charge in [0.25, 0.3) is 5.56 Å². The molecule has 104 valence electrons. The van der Waals surface area contributed by atoms with Crippen molar-refractivity contribution < 1.29 is 9.90 Å². The molecule has 0 saturated carbocycles. The van der Waals surface area contributed by atoms with Crippen LogP contribution in [0.15, 0.2) is 33.7 Å². The highest BCUT2D eigenvalue weighted by Crippen LogP contribution is 2.15. The molecule has 0 radical (unpaired) electrons. The number of hydrogen-bond donors (Lipinski definition) is 1. The van der Waals surface area contributed by atoms with Crippen LogP contribution < -0.4 is 5.56 Å². The van der Waals surface area contributed by atoms with Gasteiger partial charge in [-0.1, -0.05) is 15.9 Å². The number of halogens is 1. The topological polar surface area (TPSA) is 74.9 Å². The van der Waals surface area contributed by atoms with Crippen LogP contribution in [0, 0.1) is 0 Å². The van der Waals surface area contributed by atoms with Gasteiger partial charge in [0.1, 0.15) is 5.65 Å². The molecule has 0 aromatic carbocycles. The quantitative estimate of drug-likeness (QED) is 0.868. The third kappa shape index (κ3) is 2.46. The van der Waals surface area contributed by atoms with Gasteiger partial charge < -0.3 is 10.0 Å². The molecular formula is C13H12BrN3O3. The van der Waals surface area contributed by atoms with Crippen molar-refractivity contribution in [3.8, 4) is 0 Å². The van der Waals surface area contributed by atoms with Gasteiger partial charge in [0.15, 0.2) is 0 Å². The van der Waals surface area contributed by atoms with Crippen LogP contribution in [-0.2, 0) is 11.3 Å². The zero-order chi connectivity index (χ0) is 14.3. The first-order valence-electron chi connectivity index (χ1n) is 6.16. The van der Waals surface area contributed by atoms with Crippen molar-refractivity contribution in [1.29, 1.82) is 0 Å². The van der Waals surface area contributed by atoms with Crippen molar-refractivity contribution in [3.05, 3.63) is 44.9 Å². The Hall–Kier alpha value is -1.73. The summed E-state index contributed by atoms with van der Waals surface area (Å²) in [7, 11) is 0. The molecule has 1 N–H and O–H groups in total. The van der Waals surface area contributed by atoms with Crippen molar-refractivity contribution in [1.82, 2.24) is 14.3 Å². The minimum atomic E-state index is -0.627. The molecule has 3 heterocycles. The van der Waals surface area contributed by atoms with Gasteiger partial charge in [0.05, 0.1) is 24.8 Å². The molecule has 2 aromatic rings. The molecule has 20 heavy (non-hydrogen) atoms. The number of aliphatic hydroxyl groups is 1. The minimum Gasteiger partial charge on any atom is -0.391 e. The summed E-state index contributed by atoms with van der Waals surface area (Å²) in [5.41, 5.74) is 0.856. The third-order valence-corrected chi connectivity index (χ3v) is 3.72. The second-order valence-electron chi connectivity index (χ2n) is 4.79. The first kappa shape index (κ1) is 13.3. The first-order chi connectivity index (χ1) is 9.52. The van der Waals surface area contributed by atoms with E-state index in [1.807, 2.05) is 0 Å². The first-order valence-corrected chi connectivity index (χ1v) is 6.96. The Kier molecular flexibility index (Phi) is 3.31. The highest BCUT2D eigenvalue weighted by atomic mass is 79.9. The molecule has 6 nitrogen and oxygen atoms in total. The Balaban J connectivity index is 1.96. The number of aromatic nitrogens is 2. The van der Waals surface area contributed by atoms with E-state index >= 15 is 0 Å². The van der Waals surface area contributed by atoms with Gasteiger partial charge in [-0.05, 0) is 12.1 Å². The summed E-state index contributed by atoms with van der Waals surface area (Å²) in [4.78, 5) is 29.5. The molecule has 1 amide bonds. The molecule has 1 saturated heterocycles. The van der Waals surface area contributed by atoms with Crippen LogP contribution in [-0.4, -0.2) is 37.9 Å². The zero-order valence-electron chi connectivity index (χ0n) is 10.5. The SMILES string of the molecule is O=C1C[C@H](O)CN1Cc1cc(=O)n2ccc(Br)cc2n1. The number of pyridine rings is 1. The van der Waals surface area contributed by atoms with E-state index in [-0.39, 0.29) is 24.4 Å². The predicted molar refractivity (Wildman–Crippen MR) is 75.2 cm³/mol. The van der Waals surface area contributed by atoms with Crippen LogP contribution in [0.4, 0.5) is 0 Å². The van der Waals surface area contributed by atoms with Crippen LogP contribution in [0.2, 0.25) is 0 Å². The highest BCUT2D eigenvalue weighted by molar-refractivity contribution is 9.10. The summed E-state index contributed by atoms with van der Waals surface area (Å²) in [6.45, 7) is 0.534. The Morgan fingerprint density at radius 2 is 2.20 bits per heavy atom. The van der Waals surface area contributed by atoms with Gasteiger partial charge >= 0.3 is 0 Å². The average Bonchev–Trinajstić information content (AvgIpc) is 2.67. The molecule has 3 rings (SSSR count). The van der Waals surface area contributed by atoms with E-state index in [1.165, 1.54) is 15.4 Å². The van der Waals surface area contributed by atoms with E-state index in [2.05, 4.69) is 20.9 Å². The number of carbonyl (C=O) groups is 1. The fourth-order valence-corrected chi connectivity index (χ4v) is 2.63. The van der Waals surface area contributed by atoms with Gasteiger partial charge in [-0.3, -0.25) is 14.0 Å². The normalized spacial score (nSPS) is 19.0. The lowest BCUT2D eigenvalue weighted by atomic mass is 10.3. The standard InChI is InChI=1S/C13H12BrN3O3/c14-8-1-2-17-11(3-8)15-9(4-13(17)20)6-16-7-10(18)5-12(16)19/h1-4,10,18H,5-7H2/t10-/m0/s1. The smallest absolute Gasteiger partial charge is 0.258 e. The molecule has 0 aliphatic carbocycles. The van der Waals surface area contributed by atoms with Crippen molar-refractivity contribution in [2.75, 3.05) is 6.54 Å². The van der Waals surface area contributed by atoms with E-state index in [1.54, 1.807) is 18.3 Å². The van der Waals surface area contributed by atoms with E-state index in [4.69, 9.17) is 0 Å². The Bertz CT molecular complexity index is 743.